The molecule has 2 aliphatic rings. The van der Waals surface area contributed by atoms with E-state index in [0.29, 0.717) is 37.8 Å². The SMILES string of the molecule is CCOCc1ccc(C(=O)N2CCCC([C@@H]3C[C@H](C(F)F)n4ncnc4N3)C2)cc1. The molecule has 0 spiro atoms. The largest absolute Gasteiger partial charge is 0.377 e. The topological polar surface area (TPSA) is 72.3 Å². The second-order valence-electron chi connectivity index (χ2n) is 7.90. The molecule has 1 amide bonds. The molecule has 1 aromatic carbocycles. The zero-order valence-corrected chi connectivity index (χ0v) is 17.0. The van der Waals surface area contributed by atoms with Gasteiger partial charge in [-0.3, -0.25) is 4.79 Å². The van der Waals surface area contributed by atoms with Gasteiger partial charge in [0.2, 0.25) is 5.95 Å². The molecule has 0 saturated carbocycles. The number of piperidine rings is 1. The number of aromatic nitrogens is 3. The normalized spacial score (nSPS) is 23.9. The van der Waals surface area contributed by atoms with Crippen LogP contribution in [0.4, 0.5) is 14.7 Å². The first-order chi connectivity index (χ1) is 14.6. The molecule has 3 atom stereocenters. The summed E-state index contributed by atoms with van der Waals surface area (Å²) in [6, 6.07) is 6.32. The van der Waals surface area contributed by atoms with Crippen molar-refractivity contribution < 1.29 is 18.3 Å². The monoisotopic (exact) mass is 419 g/mol. The quantitative estimate of drug-likeness (QED) is 0.777. The van der Waals surface area contributed by atoms with Crippen LogP contribution >= 0.6 is 0 Å². The van der Waals surface area contributed by atoms with Gasteiger partial charge in [0.15, 0.2) is 0 Å². The minimum Gasteiger partial charge on any atom is -0.377 e. The Morgan fingerprint density at radius 1 is 1.33 bits per heavy atom. The lowest BCUT2D eigenvalue weighted by atomic mass is 9.86. The number of amides is 1. The number of hydrogen-bond donors (Lipinski definition) is 1. The van der Waals surface area contributed by atoms with Crippen LogP contribution in [0.25, 0.3) is 0 Å². The van der Waals surface area contributed by atoms with Crippen LogP contribution in [-0.2, 0) is 11.3 Å². The molecule has 9 heteroatoms. The van der Waals surface area contributed by atoms with Gasteiger partial charge in [0, 0.05) is 31.3 Å². The lowest BCUT2D eigenvalue weighted by Gasteiger charge is -2.40. The maximum atomic E-state index is 13.6. The second kappa shape index (κ2) is 9.07. The predicted molar refractivity (Wildman–Crippen MR) is 107 cm³/mol. The highest BCUT2D eigenvalue weighted by atomic mass is 19.3. The molecule has 0 radical (unpaired) electrons. The number of anilines is 1. The fourth-order valence-electron chi connectivity index (χ4n) is 4.37. The Hall–Kier alpha value is -2.55. The third-order valence-electron chi connectivity index (χ3n) is 5.98. The van der Waals surface area contributed by atoms with Gasteiger partial charge in [-0.15, -0.1) is 0 Å². The van der Waals surface area contributed by atoms with Crippen LogP contribution in [0, 0.1) is 5.92 Å². The van der Waals surface area contributed by atoms with Crippen molar-refractivity contribution in [3.8, 4) is 0 Å². The summed E-state index contributed by atoms with van der Waals surface area (Å²) in [5, 5.41) is 7.20. The molecule has 2 aromatic rings. The Balaban J connectivity index is 1.42. The zero-order valence-electron chi connectivity index (χ0n) is 17.0. The first kappa shape index (κ1) is 20.7. The lowest BCUT2D eigenvalue weighted by molar-refractivity contribution is 0.0504. The van der Waals surface area contributed by atoms with E-state index >= 15 is 0 Å². The molecule has 2 aliphatic heterocycles. The van der Waals surface area contributed by atoms with Gasteiger partial charge in [-0.2, -0.15) is 10.1 Å². The third-order valence-corrected chi connectivity index (χ3v) is 5.98. The van der Waals surface area contributed by atoms with Crippen LogP contribution in [0.3, 0.4) is 0 Å². The van der Waals surface area contributed by atoms with E-state index in [1.54, 1.807) is 0 Å². The Morgan fingerprint density at radius 3 is 2.87 bits per heavy atom. The number of hydrogen-bond acceptors (Lipinski definition) is 5. The molecule has 0 aliphatic carbocycles. The summed E-state index contributed by atoms with van der Waals surface area (Å²) in [5.41, 5.74) is 1.66. The van der Waals surface area contributed by atoms with Crippen molar-refractivity contribution in [2.45, 2.75) is 51.3 Å². The third kappa shape index (κ3) is 4.30. The minimum atomic E-state index is -2.51. The van der Waals surface area contributed by atoms with Crippen LogP contribution < -0.4 is 5.32 Å². The number of nitrogens with one attached hydrogen (secondary N) is 1. The van der Waals surface area contributed by atoms with Crippen LogP contribution in [0.2, 0.25) is 0 Å². The van der Waals surface area contributed by atoms with Gasteiger partial charge in [0.1, 0.15) is 12.4 Å². The average Bonchev–Trinajstić information content (AvgIpc) is 3.25. The molecule has 30 heavy (non-hydrogen) atoms. The van der Waals surface area contributed by atoms with Crippen molar-refractivity contribution in [3.63, 3.8) is 0 Å². The molecule has 4 rings (SSSR count). The van der Waals surface area contributed by atoms with Crippen molar-refractivity contribution in [1.82, 2.24) is 19.7 Å². The first-order valence-electron chi connectivity index (χ1n) is 10.5. The molecule has 1 saturated heterocycles. The van der Waals surface area contributed by atoms with Crippen molar-refractivity contribution in [2.75, 3.05) is 25.0 Å². The Kier molecular flexibility index (Phi) is 6.26. The number of carbonyl (C=O) groups excluding carboxylic acids is 1. The Bertz CT molecular complexity index is 857. The molecule has 1 N–H and O–H groups in total. The van der Waals surface area contributed by atoms with Gasteiger partial charge in [-0.25, -0.2) is 13.5 Å². The van der Waals surface area contributed by atoms with E-state index in [2.05, 4.69) is 15.4 Å². The van der Waals surface area contributed by atoms with E-state index in [-0.39, 0.29) is 24.3 Å². The smallest absolute Gasteiger partial charge is 0.260 e. The maximum absolute atomic E-state index is 13.6. The molecule has 1 aromatic heterocycles. The predicted octanol–water partition coefficient (Wildman–Crippen LogP) is 3.36. The lowest BCUT2D eigenvalue weighted by Crippen LogP contribution is -2.48. The van der Waals surface area contributed by atoms with Crippen molar-refractivity contribution in [1.29, 1.82) is 0 Å². The van der Waals surface area contributed by atoms with E-state index < -0.39 is 12.5 Å². The number of likely N-dealkylation sites (tertiary alicyclic amines) is 1. The number of carbonyl (C=O) groups is 1. The molecule has 0 bridgehead atoms. The van der Waals surface area contributed by atoms with Gasteiger partial charge in [-0.1, -0.05) is 12.1 Å². The van der Waals surface area contributed by atoms with Crippen LogP contribution in [-0.4, -0.2) is 57.7 Å². The minimum absolute atomic E-state index is 0.0213. The van der Waals surface area contributed by atoms with Crippen molar-refractivity contribution in [2.24, 2.45) is 5.92 Å². The summed E-state index contributed by atoms with van der Waals surface area (Å²) < 4.78 is 33.8. The van der Waals surface area contributed by atoms with Gasteiger partial charge < -0.3 is 15.0 Å². The van der Waals surface area contributed by atoms with E-state index in [4.69, 9.17) is 4.74 Å². The molecule has 1 unspecified atom stereocenters. The standard InChI is InChI=1S/C21H27F2N5O2/c1-2-30-12-14-5-7-15(8-6-14)20(29)27-9-3-4-16(11-27)17-10-18(19(22)23)28-21(26-17)24-13-25-28/h5-8,13,16-19H,2-4,9-12H2,1H3,(H,24,25,26)/t16?,17-,18+/m0/s1. The highest BCUT2D eigenvalue weighted by Crippen LogP contribution is 2.35. The molecular formula is C21H27F2N5O2. The first-order valence-corrected chi connectivity index (χ1v) is 10.5. The van der Waals surface area contributed by atoms with Gasteiger partial charge in [0.25, 0.3) is 12.3 Å². The number of alkyl halides is 2. The van der Waals surface area contributed by atoms with Crippen molar-refractivity contribution >= 4 is 11.9 Å². The van der Waals surface area contributed by atoms with E-state index in [1.807, 2.05) is 36.1 Å². The molecule has 3 heterocycles. The van der Waals surface area contributed by atoms with Gasteiger partial charge in [-0.05, 0) is 49.8 Å². The van der Waals surface area contributed by atoms with E-state index in [9.17, 15) is 13.6 Å². The summed E-state index contributed by atoms with van der Waals surface area (Å²) in [5.74, 6) is 0.448. The molecule has 162 valence electrons. The molecular weight excluding hydrogens is 392 g/mol. The highest BCUT2D eigenvalue weighted by Gasteiger charge is 2.39. The number of benzene rings is 1. The van der Waals surface area contributed by atoms with E-state index in [1.165, 1.54) is 11.0 Å². The summed E-state index contributed by atoms with van der Waals surface area (Å²) in [7, 11) is 0. The molecule has 7 nitrogen and oxygen atoms in total. The maximum Gasteiger partial charge on any atom is 0.260 e. The molecule has 1 fully saturated rings. The number of nitrogens with zero attached hydrogens (tertiary/aromatic N) is 4. The van der Waals surface area contributed by atoms with Gasteiger partial charge >= 0.3 is 0 Å². The number of ether oxygens (including phenoxy) is 1. The van der Waals surface area contributed by atoms with Crippen molar-refractivity contribution in [3.05, 3.63) is 41.7 Å². The number of rotatable bonds is 6. The second-order valence-corrected chi connectivity index (χ2v) is 7.90. The zero-order chi connectivity index (χ0) is 21.1. The summed E-state index contributed by atoms with van der Waals surface area (Å²) in [6.07, 6.45) is 0.798. The van der Waals surface area contributed by atoms with Gasteiger partial charge in [0.05, 0.1) is 6.61 Å². The van der Waals surface area contributed by atoms with Crippen LogP contribution in [0.15, 0.2) is 30.6 Å². The Morgan fingerprint density at radius 2 is 2.13 bits per heavy atom. The number of fused-ring (bicyclic) bond motifs is 1. The average molecular weight is 419 g/mol. The fourth-order valence-corrected chi connectivity index (χ4v) is 4.37. The van der Waals surface area contributed by atoms with E-state index in [0.717, 1.165) is 18.4 Å². The fraction of sp³-hybridized carbons (Fsp3) is 0.571. The highest BCUT2D eigenvalue weighted by molar-refractivity contribution is 5.94. The van der Waals surface area contributed by atoms with Crippen LogP contribution in [0.1, 0.15) is 48.1 Å². The summed E-state index contributed by atoms with van der Waals surface area (Å²) >= 11 is 0. The summed E-state index contributed by atoms with van der Waals surface area (Å²) in [6.45, 7) is 4.34. The summed E-state index contributed by atoms with van der Waals surface area (Å²) in [4.78, 5) is 18.9. The van der Waals surface area contributed by atoms with Crippen LogP contribution in [0.5, 0.6) is 0 Å². The Labute approximate surface area is 174 Å². The number of halogens is 2.